The monoisotopic (exact) mass is 253 g/mol. The van der Waals surface area contributed by atoms with Crippen LogP contribution in [0.1, 0.15) is 13.8 Å². The van der Waals surface area contributed by atoms with Crippen LogP contribution in [0, 0.1) is 0 Å². The number of halogens is 1. The first kappa shape index (κ1) is 8.10. The number of hydrogen-bond acceptors (Lipinski definition) is 3. The fraction of sp³-hybridized carbons (Fsp3) is 0.833. The lowest BCUT2D eigenvalue weighted by Gasteiger charge is -2.23. The Morgan fingerprint density at radius 1 is 1.50 bits per heavy atom. The molecule has 0 aromatic carbocycles. The van der Waals surface area contributed by atoms with Crippen molar-refractivity contribution >= 4 is 28.9 Å². The Kier molecular flexibility index (Phi) is 2.76. The summed E-state index contributed by atoms with van der Waals surface area (Å²) in [7, 11) is 0. The highest BCUT2D eigenvalue weighted by Gasteiger charge is 2.21. The van der Waals surface area contributed by atoms with Crippen molar-refractivity contribution in [3.8, 4) is 0 Å². The van der Waals surface area contributed by atoms with Gasteiger partial charge >= 0.3 is 0 Å². The molecule has 1 aliphatic rings. The zero-order valence-corrected chi connectivity index (χ0v) is 8.45. The third-order valence-corrected chi connectivity index (χ3v) is 2.92. The van der Waals surface area contributed by atoms with Gasteiger partial charge in [0, 0.05) is 13.1 Å². The number of hydrogen-bond donors (Lipinski definition) is 0. The van der Waals surface area contributed by atoms with E-state index in [1.165, 1.54) is 0 Å². The fourth-order valence-electron chi connectivity index (χ4n) is 0.878. The van der Waals surface area contributed by atoms with Crippen LogP contribution in [0.15, 0.2) is 5.10 Å². The molecule has 3 nitrogen and oxygen atoms in total. The Bertz CT molecular complexity index is 123. The van der Waals surface area contributed by atoms with Crippen LogP contribution in [0.3, 0.4) is 0 Å². The van der Waals surface area contributed by atoms with E-state index in [4.69, 9.17) is 0 Å². The Balaban J connectivity index is 2.49. The molecule has 0 radical (unpaired) electrons. The van der Waals surface area contributed by atoms with E-state index in [0.717, 1.165) is 13.1 Å². The first-order valence-electron chi connectivity index (χ1n) is 3.50. The van der Waals surface area contributed by atoms with E-state index < -0.39 is 0 Å². The molecule has 0 aromatic rings. The van der Waals surface area contributed by atoms with Crippen LogP contribution in [-0.2, 0) is 0 Å². The highest BCUT2D eigenvalue weighted by atomic mass is 127. The van der Waals surface area contributed by atoms with Crippen molar-refractivity contribution in [2.24, 2.45) is 5.10 Å². The van der Waals surface area contributed by atoms with Crippen LogP contribution in [-0.4, -0.2) is 33.5 Å². The van der Waals surface area contributed by atoms with E-state index in [1.54, 1.807) is 0 Å². The zero-order chi connectivity index (χ0) is 7.56. The first-order chi connectivity index (χ1) is 4.79. The summed E-state index contributed by atoms with van der Waals surface area (Å²) >= 11 is 2.38. The molecule has 1 atom stereocenters. The van der Waals surface area contributed by atoms with E-state index in [-0.39, 0.29) is 0 Å². The van der Waals surface area contributed by atoms with Crippen LogP contribution < -0.4 is 0 Å². The number of alkyl halides is 1. The van der Waals surface area contributed by atoms with Gasteiger partial charge in [-0.05, 0) is 36.4 Å². The SMILES string of the molecule is CCN1C=NN(CC)C1I. The third kappa shape index (κ3) is 1.36. The number of rotatable bonds is 2. The summed E-state index contributed by atoms with van der Waals surface area (Å²) < 4.78 is 0.424. The lowest BCUT2D eigenvalue weighted by atomic mass is 10.6. The predicted octanol–water partition coefficient (Wildman–Crippen LogP) is 1.31. The molecule has 0 bridgehead atoms. The second-order valence-electron chi connectivity index (χ2n) is 2.13. The van der Waals surface area contributed by atoms with Gasteiger partial charge in [0.25, 0.3) is 0 Å². The summed E-state index contributed by atoms with van der Waals surface area (Å²) in [5.41, 5.74) is 0. The Hall–Kier alpha value is 0. The first-order valence-corrected chi connectivity index (χ1v) is 4.74. The summed E-state index contributed by atoms with van der Waals surface area (Å²) in [4.78, 5) is 2.20. The predicted molar refractivity (Wildman–Crippen MR) is 51.1 cm³/mol. The van der Waals surface area contributed by atoms with Gasteiger partial charge in [0.15, 0.2) is 4.17 Å². The molecule has 10 heavy (non-hydrogen) atoms. The molecule has 0 N–H and O–H groups in total. The smallest absolute Gasteiger partial charge is 0.171 e. The van der Waals surface area contributed by atoms with Gasteiger partial charge in [-0.1, -0.05) is 0 Å². The highest BCUT2D eigenvalue weighted by Crippen LogP contribution is 2.16. The maximum absolute atomic E-state index is 4.21. The van der Waals surface area contributed by atoms with Gasteiger partial charge in [0.2, 0.25) is 0 Å². The summed E-state index contributed by atoms with van der Waals surface area (Å²) in [6.07, 6.45) is 1.90. The topological polar surface area (TPSA) is 18.8 Å². The van der Waals surface area contributed by atoms with Gasteiger partial charge in [-0.2, -0.15) is 5.10 Å². The van der Waals surface area contributed by atoms with Crippen molar-refractivity contribution in [3.63, 3.8) is 0 Å². The maximum atomic E-state index is 4.21. The second kappa shape index (κ2) is 3.41. The molecule has 0 aliphatic carbocycles. The van der Waals surface area contributed by atoms with E-state index in [9.17, 15) is 0 Å². The molecular formula is C6H12IN3. The summed E-state index contributed by atoms with van der Waals surface area (Å²) in [6, 6.07) is 0. The van der Waals surface area contributed by atoms with Gasteiger partial charge in [0.1, 0.15) is 6.34 Å². The molecular weight excluding hydrogens is 241 g/mol. The lowest BCUT2D eigenvalue weighted by Crippen LogP contribution is -2.33. The molecule has 0 fully saturated rings. The van der Waals surface area contributed by atoms with Crippen LogP contribution in [0.2, 0.25) is 0 Å². The standard InChI is InChI=1S/C6H12IN3/c1-3-9-5-8-10(4-2)6(9)7/h5-6H,3-4H2,1-2H3. The van der Waals surface area contributed by atoms with Crippen molar-refractivity contribution in [1.29, 1.82) is 0 Å². The molecule has 0 saturated carbocycles. The molecule has 1 rings (SSSR count). The van der Waals surface area contributed by atoms with Gasteiger partial charge in [0.05, 0.1) is 0 Å². The minimum absolute atomic E-state index is 0.424. The molecule has 1 aliphatic heterocycles. The molecule has 0 amide bonds. The van der Waals surface area contributed by atoms with E-state index >= 15 is 0 Å². The third-order valence-electron chi connectivity index (χ3n) is 1.56. The van der Waals surface area contributed by atoms with E-state index in [1.807, 2.05) is 6.34 Å². The minimum atomic E-state index is 0.424. The van der Waals surface area contributed by atoms with Crippen LogP contribution in [0.5, 0.6) is 0 Å². The molecule has 0 saturated heterocycles. The van der Waals surface area contributed by atoms with Gasteiger partial charge in [-0.15, -0.1) is 0 Å². The number of hydrazone groups is 1. The summed E-state index contributed by atoms with van der Waals surface area (Å²) in [5.74, 6) is 0. The Morgan fingerprint density at radius 3 is 2.50 bits per heavy atom. The van der Waals surface area contributed by atoms with Crippen molar-refractivity contribution in [2.45, 2.75) is 18.0 Å². The van der Waals surface area contributed by atoms with Gasteiger partial charge in [-0.25, -0.2) is 0 Å². The summed E-state index contributed by atoms with van der Waals surface area (Å²) in [6.45, 7) is 6.27. The van der Waals surface area contributed by atoms with Gasteiger partial charge < -0.3 is 4.90 Å². The van der Waals surface area contributed by atoms with Crippen LogP contribution in [0.25, 0.3) is 0 Å². The average molecular weight is 253 g/mol. The van der Waals surface area contributed by atoms with Crippen molar-refractivity contribution in [1.82, 2.24) is 9.91 Å². The molecule has 58 valence electrons. The van der Waals surface area contributed by atoms with E-state index in [2.05, 4.69) is 51.4 Å². The second-order valence-corrected chi connectivity index (χ2v) is 3.24. The van der Waals surface area contributed by atoms with Crippen LogP contribution in [0.4, 0.5) is 0 Å². The quantitative estimate of drug-likeness (QED) is 0.419. The largest absolute Gasteiger partial charge is 0.332 e. The van der Waals surface area contributed by atoms with Crippen molar-refractivity contribution in [3.05, 3.63) is 0 Å². The van der Waals surface area contributed by atoms with E-state index in [0.29, 0.717) is 4.17 Å². The highest BCUT2D eigenvalue weighted by molar-refractivity contribution is 14.1. The average Bonchev–Trinajstić information content (AvgIpc) is 2.30. The Labute approximate surface area is 75.2 Å². The zero-order valence-electron chi connectivity index (χ0n) is 6.29. The van der Waals surface area contributed by atoms with Crippen molar-refractivity contribution in [2.75, 3.05) is 13.1 Å². The Morgan fingerprint density at radius 2 is 2.20 bits per heavy atom. The normalized spacial score (nSPS) is 24.5. The van der Waals surface area contributed by atoms with Gasteiger partial charge in [-0.3, -0.25) is 5.01 Å². The lowest BCUT2D eigenvalue weighted by molar-refractivity contribution is 0.233. The maximum Gasteiger partial charge on any atom is 0.171 e. The summed E-state index contributed by atoms with van der Waals surface area (Å²) in [5, 5.41) is 6.27. The minimum Gasteiger partial charge on any atom is -0.332 e. The number of nitrogens with zero attached hydrogens (tertiary/aromatic N) is 3. The fourth-order valence-corrected chi connectivity index (χ4v) is 1.95. The van der Waals surface area contributed by atoms with Crippen LogP contribution >= 0.6 is 22.6 Å². The molecule has 0 spiro atoms. The molecule has 1 unspecified atom stereocenters. The molecule has 1 heterocycles. The molecule has 4 heteroatoms. The molecule has 0 aromatic heterocycles. The van der Waals surface area contributed by atoms with Crippen molar-refractivity contribution < 1.29 is 0 Å².